The number of aryl methyl sites for hydroxylation is 3. The van der Waals surface area contributed by atoms with Gasteiger partial charge in [-0.05, 0) is 108 Å². The summed E-state index contributed by atoms with van der Waals surface area (Å²) in [4.78, 5) is 2.62. The number of hydrogen-bond acceptors (Lipinski definition) is 4. The molecule has 0 aliphatic carbocycles. The van der Waals surface area contributed by atoms with E-state index in [1.807, 2.05) is 20.8 Å². The molecule has 0 aromatic heterocycles. The summed E-state index contributed by atoms with van der Waals surface area (Å²) in [5, 5.41) is 2.24. The Labute approximate surface area is 315 Å². The van der Waals surface area contributed by atoms with Crippen LogP contribution in [0.3, 0.4) is 0 Å². The second-order valence-corrected chi connectivity index (χ2v) is 20.7. The van der Waals surface area contributed by atoms with Gasteiger partial charge in [0.05, 0.1) is 4.90 Å². The van der Waals surface area contributed by atoms with Gasteiger partial charge in [0.1, 0.15) is 0 Å². The summed E-state index contributed by atoms with van der Waals surface area (Å²) in [5.74, 6) is 0. The second-order valence-electron chi connectivity index (χ2n) is 14.9. The van der Waals surface area contributed by atoms with E-state index in [-0.39, 0.29) is 36.0 Å². The Morgan fingerprint density at radius 1 is 0.511 bits per heavy atom. The van der Waals surface area contributed by atoms with Gasteiger partial charge in [-0.2, -0.15) is 0 Å². The summed E-state index contributed by atoms with van der Waals surface area (Å²) in [5.41, 5.74) is 9.31. The summed E-state index contributed by atoms with van der Waals surface area (Å²) < 4.78 is 23.0. The van der Waals surface area contributed by atoms with E-state index in [1.54, 1.807) is 41.5 Å². The normalized spacial score (nSPS) is 12.1. The maximum Gasteiger partial charge on any atom is 0.261 e. The second kappa shape index (κ2) is 16.7. The lowest BCUT2D eigenvalue weighted by Crippen LogP contribution is -2.14. The van der Waals surface area contributed by atoms with Gasteiger partial charge in [-0.15, -0.1) is 0 Å². The highest BCUT2D eigenvalue weighted by molar-refractivity contribution is 8.76. The van der Waals surface area contributed by atoms with Crippen molar-refractivity contribution < 1.29 is 8.42 Å². The Bertz CT molecular complexity index is 1630. The molecule has 266 valence electrons. The number of halogens is 4. The maximum absolute atomic E-state index is 11.5. The SMILES string of the molecule is C.C.Cc1cc(C(C)(C)C)c(Cl)c(C)c1S(=O)(=O)Cl.Cc1cc(C(C)(C)C)c(Cl)c(C)c1SSc1c(C)cc(C(C)(C)C)c(Cl)c1C. The monoisotopic (exact) mass is 780 g/mol. The molecule has 0 spiro atoms. The van der Waals surface area contributed by atoms with Crippen LogP contribution < -0.4 is 0 Å². The zero-order valence-corrected chi connectivity index (χ0v) is 34.8. The molecule has 3 rings (SSSR count). The van der Waals surface area contributed by atoms with Crippen LogP contribution in [-0.4, -0.2) is 8.42 Å². The Kier molecular flexibility index (Phi) is 16.5. The number of rotatable bonds is 4. The zero-order valence-electron chi connectivity index (χ0n) is 29.3. The molecule has 0 unspecified atom stereocenters. The average molecular weight is 783 g/mol. The molecule has 0 fully saturated rings. The third-order valence-electron chi connectivity index (χ3n) is 7.75. The highest BCUT2D eigenvalue weighted by Crippen LogP contribution is 2.48. The molecule has 47 heavy (non-hydrogen) atoms. The Morgan fingerprint density at radius 2 is 0.766 bits per heavy atom. The van der Waals surface area contributed by atoms with Crippen molar-refractivity contribution in [2.45, 2.75) is 150 Å². The molecule has 3 aromatic carbocycles. The number of benzene rings is 3. The zero-order chi connectivity index (χ0) is 35.2. The molecule has 0 aliphatic heterocycles. The van der Waals surface area contributed by atoms with Crippen molar-refractivity contribution in [2.24, 2.45) is 0 Å². The summed E-state index contributed by atoms with van der Waals surface area (Å²) in [6.45, 7) is 31.4. The van der Waals surface area contributed by atoms with Gasteiger partial charge < -0.3 is 0 Å². The molecule has 0 amide bonds. The van der Waals surface area contributed by atoms with Gasteiger partial charge in [-0.1, -0.05) is 152 Å². The fourth-order valence-corrected chi connectivity index (χ4v) is 11.3. The topological polar surface area (TPSA) is 34.1 Å². The molecule has 0 aliphatic rings. The van der Waals surface area contributed by atoms with Gasteiger partial charge in [-0.25, -0.2) is 8.42 Å². The Morgan fingerprint density at radius 3 is 1.02 bits per heavy atom. The summed E-state index contributed by atoms with van der Waals surface area (Å²) in [6.07, 6.45) is 0. The van der Waals surface area contributed by atoms with Crippen LogP contribution in [0, 0.1) is 41.5 Å². The Hall–Kier alpha value is -0.530. The first-order valence-corrected chi connectivity index (χ1v) is 20.4. The van der Waals surface area contributed by atoms with Crippen LogP contribution in [0.2, 0.25) is 15.1 Å². The molecule has 0 saturated carbocycles. The van der Waals surface area contributed by atoms with Crippen molar-refractivity contribution in [2.75, 3.05) is 0 Å². The van der Waals surface area contributed by atoms with Crippen LogP contribution in [-0.2, 0) is 25.3 Å². The van der Waals surface area contributed by atoms with E-state index in [9.17, 15) is 8.42 Å². The fraction of sp³-hybridized carbons (Fsp3) is 0.526. The van der Waals surface area contributed by atoms with Crippen LogP contribution in [0.5, 0.6) is 0 Å². The van der Waals surface area contributed by atoms with Gasteiger partial charge in [0.2, 0.25) is 0 Å². The number of hydrogen-bond donors (Lipinski definition) is 0. The molecule has 0 heterocycles. The van der Waals surface area contributed by atoms with Crippen LogP contribution in [0.15, 0.2) is 32.9 Å². The van der Waals surface area contributed by atoms with Crippen LogP contribution in [0.25, 0.3) is 0 Å². The largest absolute Gasteiger partial charge is 0.261 e. The van der Waals surface area contributed by atoms with Crippen LogP contribution in [0.1, 0.15) is 127 Å². The van der Waals surface area contributed by atoms with Gasteiger partial charge >= 0.3 is 0 Å². The van der Waals surface area contributed by atoms with Crippen molar-refractivity contribution >= 4 is 76.1 Å². The summed E-state index contributed by atoms with van der Waals surface area (Å²) in [6, 6.07) is 6.28. The molecule has 0 radical (unpaired) electrons. The van der Waals surface area contributed by atoms with E-state index in [0.717, 1.165) is 26.7 Å². The highest BCUT2D eigenvalue weighted by atomic mass is 35.7. The first-order valence-electron chi connectivity index (χ1n) is 14.8. The third kappa shape index (κ3) is 11.0. The van der Waals surface area contributed by atoms with E-state index in [2.05, 4.69) is 81.4 Å². The molecular formula is C38H56Cl4O2S3. The Balaban J connectivity index is 0.000000963. The van der Waals surface area contributed by atoms with Crippen molar-refractivity contribution in [3.05, 3.63) is 83.3 Å². The van der Waals surface area contributed by atoms with Gasteiger partial charge in [-0.3, -0.25) is 0 Å². The quantitative estimate of drug-likeness (QED) is 0.195. The third-order valence-corrected chi connectivity index (χ3v) is 13.7. The van der Waals surface area contributed by atoms with E-state index >= 15 is 0 Å². The first kappa shape index (κ1) is 46.5. The molecule has 0 bridgehead atoms. The predicted molar refractivity (Wildman–Crippen MR) is 217 cm³/mol. The van der Waals surface area contributed by atoms with E-state index in [0.29, 0.717) is 16.1 Å². The van der Waals surface area contributed by atoms with Gasteiger partial charge in [0.25, 0.3) is 9.05 Å². The minimum Gasteiger partial charge on any atom is -0.207 e. The summed E-state index contributed by atoms with van der Waals surface area (Å²) >= 11 is 19.7. The average Bonchev–Trinajstić information content (AvgIpc) is 2.85. The van der Waals surface area contributed by atoms with Crippen LogP contribution >= 0.6 is 67.1 Å². The van der Waals surface area contributed by atoms with Gasteiger partial charge in [0, 0.05) is 35.5 Å². The smallest absolute Gasteiger partial charge is 0.207 e. The lowest BCUT2D eigenvalue weighted by Gasteiger charge is -2.25. The predicted octanol–water partition coefficient (Wildman–Crippen LogP) is 15.1. The van der Waals surface area contributed by atoms with Crippen molar-refractivity contribution in [1.82, 2.24) is 0 Å². The molecule has 0 N–H and O–H groups in total. The lowest BCUT2D eigenvalue weighted by molar-refractivity contribution is 0.586. The van der Waals surface area contributed by atoms with E-state index in [4.69, 9.17) is 45.5 Å². The molecule has 9 heteroatoms. The van der Waals surface area contributed by atoms with E-state index in [1.165, 1.54) is 32.0 Å². The van der Waals surface area contributed by atoms with Crippen LogP contribution in [0.4, 0.5) is 0 Å². The summed E-state index contributed by atoms with van der Waals surface area (Å²) in [7, 11) is 5.23. The minimum atomic E-state index is -3.76. The van der Waals surface area contributed by atoms with Gasteiger partial charge in [0.15, 0.2) is 0 Å². The highest BCUT2D eigenvalue weighted by Gasteiger charge is 2.26. The molecule has 0 atom stereocenters. The molecule has 3 aromatic rings. The first-order chi connectivity index (χ1) is 20.1. The van der Waals surface area contributed by atoms with E-state index < -0.39 is 9.05 Å². The molecule has 2 nitrogen and oxygen atoms in total. The molecular weight excluding hydrogens is 726 g/mol. The van der Waals surface area contributed by atoms with Crippen molar-refractivity contribution in [3.63, 3.8) is 0 Å². The van der Waals surface area contributed by atoms with Crippen molar-refractivity contribution in [3.8, 4) is 0 Å². The maximum atomic E-state index is 11.5. The standard InChI is InChI=1S/C24H32Cl2S2.C12H16Cl2O2S.2CH4/c1-13-11-17(23(5,6)7)19(25)15(3)21(13)27-28-22-14(2)12-18(24(8,9)10)20(26)16(22)4;1-7-6-9(12(3,4)5)10(13)8(2)11(7)17(14,15)16;;/h11-12H,1-10H3;6H,1-5H3;2*1H4. The van der Waals surface area contributed by atoms with Crippen molar-refractivity contribution in [1.29, 1.82) is 0 Å². The fourth-order valence-electron chi connectivity index (χ4n) is 5.18. The minimum absolute atomic E-state index is 0. The lowest BCUT2D eigenvalue weighted by atomic mass is 9.85. The molecule has 0 saturated heterocycles.